The highest BCUT2D eigenvalue weighted by Gasteiger charge is 2.15. The number of rotatable bonds is 8. The van der Waals surface area contributed by atoms with E-state index in [1.807, 2.05) is 0 Å². The fourth-order valence-corrected chi connectivity index (χ4v) is 2.53. The normalized spacial score (nSPS) is 12.7. The molecule has 0 radical (unpaired) electrons. The van der Waals surface area contributed by atoms with Gasteiger partial charge in [-0.15, -0.1) is 0 Å². The Labute approximate surface area is 112 Å². The van der Waals surface area contributed by atoms with Crippen LogP contribution in [0.4, 0.5) is 8.78 Å². The average Bonchev–Trinajstić information content (AvgIpc) is 2.36. The Kier molecular flexibility index (Phi) is 7.28. The van der Waals surface area contributed by atoms with Crippen molar-refractivity contribution >= 4 is 11.8 Å². The number of nitrogens with one attached hydrogen (secondary N) is 1. The zero-order valence-electron chi connectivity index (χ0n) is 11.0. The number of hydrogen-bond donors (Lipinski definition) is 1. The van der Waals surface area contributed by atoms with E-state index in [4.69, 9.17) is 0 Å². The number of benzene rings is 1. The summed E-state index contributed by atoms with van der Waals surface area (Å²) in [6.07, 6.45) is 1.43. The van der Waals surface area contributed by atoms with Gasteiger partial charge in [0, 0.05) is 17.4 Å². The van der Waals surface area contributed by atoms with Gasteiger partial charge in [-0.1, -0.05) is 19.9 Å². The molecule has 0 fully saturated rings. The maximum Gasteiger partial charge on any atom is 0.129 e. The fraction of sp³-hybridized carbons (Fsp3) is 0.571. The van der Waals surface area contributed by atoms with Crippen molar-refractivity contribution < 1.29 is 8.78 Å². The molecule has 1 aromatic rings. The largest absolute Gasteiger partial charge is 0.313 e. The van der Waals surface area contributed by atoms with Crippen molar-refractivity contribution in [3.05, 3.63) is 35.4 Å². The molecule has 1 atom stereocenters. The van der Waals surface area contributed by atoms with Crippen molar-refractivity contribution in [2.24, 2.45) is 0 Å². The second-order valence-electron chi connectivity index (χ2n) is 4.21. The number of halogens is 2. The Morgan fingerprint density at radius 1 is 1.22 bits per heavy atom. The fourth-order valence-electron chi connectivity index (χ4n) is 1.77. The van der Waals surface area contributed by atoms with Crippen LogP contribution in [0.25, 0.3) is 0 Å². The summed E-state index contributed by atoms with van der Waals surface area (Å²) in [6, 6.07) is 4.18. The Morgan fingerprint density at radius 3 is 2.44 bits per heavy atom. The second-order valence-corrected chi connectivity index (χ2v) is 5.53. The minimum Gasteiger partial charge on any atom is -0.313 e. The van der Waals surface area contributed by atoms with Crippen LogP contribution in [0.3, 0.4) is 0 Å². The summed E-state index contributed by atoms with van der Waals surface area (Å²) in [6.45, 7) is 5.05. The van der Waals surface area contributed by atoms with Crippen molar-refractivity contribution in [1.82, 2.24) is 5.32 Å². The first-order valence-electron chi connectivity index (χ1n) is 6.43. The van der Waals surface area contributed by atoms with E-state index in [9.17, 15) is 8.78 Å². The molecule has 0 aliphatic carbocycles. The second kappa shape index (κ2) is 8.48. The molecule has 0 amide bonds. The van der Waals surface area contributed by atoms with Crippen LogP contribution in [0.5, 0.6) is 0 Å². The van der Waals surface area contributed by atoms with Crippen molar-refractivity contribution in [2.75, 3.05) is 18.1 Å². The zero-order chi connectivity index (χ0) is 13.4. The van der Waals surface area contributed by atoms with Crippen molar-refractivity contribution in [3.8, 4) is 0 Å². The van der Waals surface area contributed by atoms with Gasteiger partial charge >= 0.3 is 0 Å². The molecule has 0 bridgehead atoms. The molecule has 1 unspecified atom stereocenters. The van der Waals surface area contributed by atoms with Crippen LogP contribution in [0.2, 0.25) is 0 Å². The highest BCUT2D eigenvalue weighted by Crippen LogP contribution is 2.16. The first kappa shape index (κ1) is 15.4. The molecule has 0 heterocycles. The molecule has 1 rings (SSSR count). The zero-order valence-corrected chi connectivity index (χ0v) is 11.8. The molecule has 1 nitrogen and oxygen atoms in total. The SMILES string of the molecule is CCCNC(CSCC)Cc1c(F)cccc1F. The van der Waals surface area contributed by atoms with Gasteiger partial charge in [-0.3, -0.25) is 0 Å². The molecule has 102 valence electrons. The Morgan fingerprint density at radius 2 is 1.89 bits per heavy atom. The highest BCUT2D eigenvalue weighted by atomic mass is 32.2. The summed E-state index contributed by atoms with van der Waals surface area (Å²) < 4.78 is 27.2. The average molecular weight is 273 g/mol. The summed E-state index contributed by atoms with van der Waals surface area (Å²) in [4.78, 5) is 0. The molecule has 0 aliphatic rings. The van der Waals surface area contributed by atoms with E-state index in [0.717, 1.165) is 24.5 Å². The van der Waals surface area contributed by atoms with Gasteiger partial charge in [0.25, 0.3) is 0 Å². The Balaban J connectivity index is 2.68. The standard InChI is InChI=1S/C14H21F2NS/c1-3-8-17-11(10-18-4-2)9-12-13(15)6-5-7-14(12)16/h5-7,11,17H,3-4,8-10H2,1-2H3. The van der Waals surface area contributed by atoms with Crippen molar-refractivity contribution in [3.63, 3.8) is 0 Å². The maximum atomic E-state index is 13.6. The summed E-state index contributed by atoms with van der Waals surface area (Å²) >= 11 is 1.79. The van der Waals surface area contributed by atoms with Gasteiger partial charge in [0.1, 0.15) is 11.6 Å². The first-order valence-corrected chi connectivity index (χ1v) is 7.58. The summed E-state index contributed by atoms with van der Waals surface area (Å²) in [7, 11) is 0. The Hall–Kier alpha value is -0.610. The first-order chi connectivity index (χ1) is 8.69. The van der Waals surface area contributed by atoms with E-state index in [0.29, 0.717) is 6.42 Å². The third kappa shape index (κ3) is 4.94. The van der Waals surface area contributed by atoms with Crippen LogP contribution in [0, 0.1) is 11.6 Å². The van der Waals surface area contributed by atoms with Gasteiger partial charge in [-0.05, 0) is 37.3 Å². The third-order valence-electron chi connectivity index (χ3n) is 2.72. The van der Waals surface area contributed by atoms with E-state index in [1.165, 1.54) is 18.2 Å². The molecule has 4 heteroatoms. The lowest BCUT2D eigenvalue weighted by Gasteiger charge is -2.18. The van der Waals surface area contributed by atoms with Gasteiger partial charge in [0.15, 0.2) is 0 Å². The van der Waals surface area contributed by atoms with Gasteiger partial charge in [0.2, 0.25) is 0 Å². The highest BCUT2D eigenvalue weighted by molar-refractivity contribution is 7.99. The van der Waals surface area contributed by atoms with Crippen LogP contribution in [-0.2, 0) is 6.42 Å². The minimum absolute atomic E-state index is 0.126. The van der Waals surface area contributed by atoms with Gasteiger partial charge < -0.3 is 5.32 Å². The van der Waals surface area contributed by atoms with E-state index in [2.05, 4.69) is 19.2 Å². The molecule has 0 spiro atoms. The third-order valence-corrected chi connectivity index (χ3v) is 3.76. The molecule has 0 saturated heterocycles. The molecular formula is C14H21F2NS. The van der Waals surface area contributed by atoms with Crippen LogP contribution in [0.1, 0.15) is 25.8 Å². The lowest BCUT2D eigenvalue weighted by Crippen LogP contribution is -2.34. The number of hydrogen-bond acceptors (Lipinski definition) is 2. The van der Waals surface area contributed by atoms with Crippen LogP contribution in [0.15, 0.2) is 18.2 Å². The monoisotopic (exact) mass is 273 g/mol. The van der Waals surface area contributed by atoms with Crippen molar-refractivity contribution in [2.45, 2.75) is 32.7 Å². The van der Waals surface area contributed by atoms with Crippen molar-refractivity contribution in [1.29, 1.82) is 0 Å². The predicted molar refractivity (Wildman–Crippen MR) is 75.1 cm³/mol. The minimum atomic E-state index is -0.445. The quantitative estimate of drug-likeness (QED) is 0.776. The lowest BCUT2D eigenvalue weighted by molar-refractivity contribution is 0.503. The van der Waals surface area contributed by atoms with Gasteiger partial charge in [-0.2, -0.15) is 11.8 Å². The smallest absolute Gasteiger partial charge is 0.129 e. The van der Waals surface area contributed by atoms with Crippen LogP contribution < -0.4 is 5.32 Å². The molecule has 1 N–H and O–H groups in total. The molecule has 1 aromatic carbocycles. The molecule has 18 heavy (non-hydrogen) atoms. The topological polar surface area (TPSA) is 12.0 Å². The maximum absolute atomic E-state index is 13.6. The molecule has 0 saturated carbocycles. The predicted octanol–water partition coefficient (Wildman–Crippen LogP) is 3.63. The van der Waals surface area contributed by atoms with E-state index < -0.39 is 11.6 Å². The van der Waals surface area contributed by atoms with Crippen LogP contribution in [-0.4, -0.2) is 24.1 Å². The van der Waals surface area contributed by atoms with Crippen LogP contribution >= 0.6 is 11.8 Å². The molecule has 0 aromatic heterocycles. The molecule has 0 aliphatic heterocycles. The summed E-state index contributed by atoms with van der Waals surface area (Å²) in [5.74, 6) is 1.01. The molecular weight excluding hydrogens is 252 g/mol. The van der Waals surface area contributed by atoms with Gasteiger partial charge in [-0.25, -0.2) is 8.78 Å². The van der Waals surface area contributed by atoms with E-state index in [-0.39, 0.29) is 11.6 Å². The summed E-state index contributed by atoms with van der Waals surface area (Å²) in [5.41, 5.74) is 0.197. The Bertz CT molecular complexity index is 329. The van der Waals surface area contributed by atoms with E-state index in [1.54, 1.807) is 11.8 Å². The number of thioether (sulfide) groups is 1. The van der Waals surface area contributed by atoms with Gasteiger partial charge in [0.05, 0.1) is 0 Å². The van der Waals surface area contributed by atoms with E-state index >= 15 is 0 Å². The summed E-state index contributed by atoms with van der Waals surface area (Å²) in [5, 5.41) is 3.35. The lowest BCUT2D eigenvalue weighted by atomic mass is 10.1.